The number of fused-ring (bicyclic) bond motifs is 1. The summed E-state index contributed by atoms with van der Waals surface area (Å²) < 4.78 is 2.18. The van der Waals surface area contributed by atoms with E-state index in [0.717, 1.165) is 35.9 Å². The second kappa shape index (κ2) is 6.16. The molecule has 4 nitrogen and oxygen atoms in total. The van der Waals surface area contributed by atoms with E-state index >= 15 is 0 Å². The van der Waals surface area contributed by atoms with Crippen LogP contribution in [-0.4, -0.2) is 39.3 Å². The Morgan fingerprint density at radius 2 is 2.00 bits per heavy atom. The molecule has 2 aromatic rings. The molecule has 21 heavy (non-hydrogen) atoms. The van der Waals surface area contributed by atoms with Gasteiger partial charge in [0.25, 0.3) is 0 Å². The molecule has 2 heterocycles. The molecule has 114 valence electrons. The SMILES string of the molecule is CC1CCN(C(C)c2nc3ccccc3n2CCO)CC1. The minimum Gasteiger partial charge on any atom is -0.395 e. The van der Waals surface area contributed by atoms with Crippen LogP contribution in [0.3, 0.4) is 0 Å². The summed E-state index contributed by atoms with van der Waals surface area (Å²) in [6.07, 6.45) is 2.54. The normalized spacial score (nSPS) is 19.2. The monoisotopic (exact) mass is 287 g/mol. The Morgan fingerprint density at radius 3 is 2.71 bits per heavy atom. The van der Waals surface area contributed by atoms with Gasteiger partial charge in [0.15, 0.2) is 0 Å². The van der Waals surface area contributed by atoms with Crippen molar-refractivity contribution in [2.45, 2.75) is 39.3 Å². The maximum atomic E-state index is 9.39. The molecule has 1 aromatic heterocycles. The Bertz CT molecular complexity index is 599. The smallest absolute Gasteiger partial charge is 0.127 e. The van der Waals surface area contributed by atoms with E-state index < -0.39 is 0 Å². The summed E-state index contributed by atoms with van der Waals surface area (Å²) in [5.74, 6) is 1.92. The molecule has 1 N–H and O–H groups in total. The molecule has 3 rings (SSSR count). The second-order valence-electron chi connectivity index (χ2n) is 6.23. The Kier molecular flexibility index (Phi) is 4.27. The Balaban J connectivity index is 1.93. The van der Waals surface area contributed by atoms with E-state index in [1.165, 1.54) is 12.8 Å². The lowest BCUT2D eigenvalue weighted by Gasteiger charge is -2.34. The predicted molar refractivity (Wildman–Crippen MR) is 85.2 cm³/mol. The minimum absolute atomic E-state index is 0.150. The van der Waals surface area contributed by atoms with Crippen LogP contribution in [0.4, 0.5) is 0 Å². The van der Waals surface area contributed by atoms with Gasteiger partial charge in [0.05, 0.1) is 23.7 Å². The highest BCUT2D eigenvalue weighted by Crippen LogP contribution is 2.28. The van der Waals surface area contributed by atoms with Crippen molar-refractivity contribution in [2.24, 2.45) is 5.92 Å². The van der Waals surface area contributed by atoms with Gasteiger partial charge in [-0.2, -0.15) is 0 Å². The second-order valence-corrected chi connectivity index (χ2v) is 6.23. The third-order valence-corrected chi connectivity index (χ3v) is 4.75. The number of rotatable bonds is 4. The van der Waals surface area contributed by atoms with E-state index in [1.54, 1.807) is 0 Å². The number of para-hydroxylation sites is 2. The number of likely N-dealkylation sites (tertiary alicyclic amines) is 1. The fourth-order valence-electron chi connectivity index (χ4n) is 3.33. The quantitative estimate of drug-likeness (QED) is 0.940. The van der Waals surface area contributed by atoms with Gasteiger partial charge in [-0.05, 0) is 50.9 Å². The maximum Gasteiger partial charge on any atom is 0.127 e. The van der Waals surface area contributed by atoms with Gasteiger partial charge in [0.1, 0.15) is 5.82 Å². The van der Waals surface area contributed by atoms with Crippen molar-refractivity contribution in [1.82, 2.24) is 14.5 Å². The summed E-state index contributed by atoms with van der Waals surface area (Å²) in [6.45, 7) is 7.63. The topological polar surface area (TPSA) is 41.3 Å². The van der Waals surface area contributed by atoms with Gasteiger partial charge in [-0.25, -0.2) is 4.98 Å². The fourth-order valence-corrected chi connectivity index (χ4v) is 3.33. The van der Waals surface area contributed by atoms with Crippen molar-refractivity contribution < 1.29 is 5.11 Å². The Morgan fingerprint density at radius 1 is 1.29 bits per heavy atom. The molecule has 1 saturated heterocycles. The first kappa shape index (κ1) is 14.5. The maximum absolute atomic E-state index is 9.39. The molecule has 1 aromatic carbocycles. The van der Waals surface area contributed by atoms with E-state index in [1.807, 2.05) is 12.1 Å². The van der Waals surface area contributed by atoms with Crippen molar-refractivity contribution >= 4 is 11.0 Å². The largest absolute Gasteiger partial charge is 0.395 e. The van der Waals surface area contributed by atoms with Crippen molar-refractivity contribution in [3.8, 4) is 0 Å². The van der Waals surface area contributed by atoms with Crippen molar-refractivity contribution in [3.05, 3.63) is 30.1 Å². The molecule has 1 fully saturated rings. The lowest BCUT2D eigenvalue weighted by atomic mass is 9.98. The number of piperidine rings is 1. The molecule has 1 aliphatic heterocycles. The highest BCUT2D eigenvalue weighted by atomic mass is 16.3. The fraction of sp³-hybridized carbons (Fsp3) is 0.588. The number of benzene rings is 1. The average molecular weight is 287 g/mol. The molecule has 0 bridgehead atoms. The number of hydrogen-bond acceptors (Lipinski definition) is 3. The van der Waals surface area contributed by atoms with E-state index in [9.17, 15) is 5.11 Å². The van der Waals surface area contributed by atoms with Gasteiger partial charge in [0, 0.05) is 6.54 Å². The average Bonchev–Trinajstić information content (AvgIpc) is 2.87. The number of aliphatic hydroxyl groups is 1. The van der Waals surface area contributed by atoms with Crippen molar-refractivity contribution in [1.29, 1.82) is 0 Å². The molecular weight excluding hydrogens is 262 g/mol. The van der Waals surface area contributed by atoms with Crippen LogP contribution in [0, 0.1) is 5.92 Å². The molecule has 0 aliphatic carbocycles. The van der Waals surface area contributed by atoms with E-state index in [-0.39, 0.29) is 6.61 Å². The molecule has 1 unspecified atom stereocenters. The highest BCUT2D eigenvalue weighted by molar-refractivity contribution is 5.76. The van der Waals surface area contributed by atoms with Gasteiger partial charge >= 0.3 is 0 Å². The number of imidazole rings is 1. The van der Waals surface area contributed by atoms with Gasteiger partial charge in [0.2, 0.25) is 0 Å². The third kappa shape index (κ3) is 2.83. The molecule has 0 radical (unpaired) electrons. The van der Waals surface area contributed by atoms with Crippen molar-refractivity contribution in [2.75, 3.05) is 19.7 Å². The number of aromatic nitrogens is 2. The van der Waals surface area contributed by atoms with Gasteiger partial charge in [-0.3, -0.25) is 4.90 Å². The summed E-state index contributed by atoms with van der Waals surface area (Å²) in [4.78, 5) is 7.36. The highest BCUT2D eigenvalue weighted by Gasteiger charge is 2.25. The zero-order valence-corrected chi connectivity index (χ0v) is 13.0. The van der Waals surface area contributed by atoms with Crippen LogP contribution >= 0.6 is 0 Å². The first-order chi connectivity index (χ1) is 10.2. The summed E-state index contributed by atoms with van der Waals surface area (Å²) >= 11 is 0. The van der Waals surface area contributed by atoms with Gasteiger partial charge in [-0.15, -0.1) is 0 Å². The van der Waals surface area contributed by atoms with Crippen LogP contribution in [0.25, 0.3) is 11.0 Å². The number of nitrogens with zero attached hydrogens (tertiary/aromatic N) is 3. The molecule has 1 aliphatic rings. The molecular formula is C17H25N3O. The van der Waals surface area contributed by atoms with Crippen LogP contribution in [0.2, 0.25) is 0 Å². The molecule has 0 amide bonds. The zero-order valence-electron chi connectivity index (χ0n) is 13.0. The van der Waals surface area contributed by atoms with E-state index in [0.29, 0.717) is 12.6 Å². The Hall–Kier alpha value is -1.39. The van der Waals surface area contributed by atoms with Crippen LogP contribution in [0.5, 0.6) is 0 Å². The number of hydrogen-bond donors (Lipinski definition) is 1. The van der Waals surface area contributed by atoms with E-state index in [2.05, 4.69) is 35.4 Å². The predicted octanol–water partition coefficient (Wildman–Crippen LogP) is 2.82. The summed E-state index contributed by atoms with van der Waals surface area (Å²) in [5, 5.41) is 9.39. The summed E-state index contributed by atoms with van der Waals surface area (Å²) in [6, 6.07) is 8.51. The van der Waals surface area contributed by atoms with Crippen LogP contribution < -0.4 is 0 Å². The zero-order chi connectivity index (χ0) is 14.8. The van der Waals surface area contributed by atoms with Crippen LogP contribution in [-0.2, 0) is 6.54 Å². The molecule has 0 spiro atoms. The number of aliphatic hydroxyl groups excluding tert-OH is 1. The molecule has 0 saturated carbocycles. The summed E-state index contributed by atoms with van der Waals surface area (Å²) in [5.41, 5.74) is 2.15. The Labute approximate surface area is 126 Å². The lowest BCUT2D eigenvalue weighted by Crippen LogP contribution is -2.36. The van der Waals surface area contributed by atoms with Gasteiger partial charge in [-0.1, -0.05) is 19.1 Å². The van der Waals surface area contributed by atoms with Gasteiger partial charge < -0.3 is 9.67 Å². The lowest BCUT2D eigenvalue weighted by molar-refractivity contribution is 0.139. The first-order valence-corrected chi connectivity index (χ1v) is 8.00. The summed E-state index contributed by atoms with van der Waals surface area (Å²) in [7, 11) is 0. The van der Waals surface area contributed by atoms with Crippen LogP contribution in [0.1, 0.15) is 38.6 Å². The molecule has 1 atom stereocenters. The molecule has 4 heteroatoms. The van der Waals surface area contributed by atoms with Crippen LogP contribution in [0.15, 0.2) is 24.3 Å². The van der Waals surface area contributed by atoms with E-state index in [4.69, 9.17) is 4.98 Å². The standard InChI is InChI=1S/C17H25N3O/c1-13-7-9-19(10-8-13)14(2)17-18-15-5-3-4-6-16(15)20(17)11-12-21/h3-6,13-14,21H,7-12H2,1-2H3. The minimum atomic E-state index is 0.150. The third-order valence-electron chi connectivity index (χ3n) is 4.75. The van der Waals surface area contributed by atoms with Crippen molar-refractivity contribution in [3.63, 3.8) is 0 Å². The first-order valence-electron chi connectivity index (χ1n) is 8.00.